The van der Waals surface area contributed by atoms with Crippen LogP contribution in [0, 0.1) is 11.7 Å². The zero-order valence-corrected chi connectivity index (χ0v) is 13.9. The van der Waals surface area contributed by atoms with E-state index >= 15 is 0 Å². The van der Waals surface area contributed by atoms with Gasteiger partial charge in [-0.15, -0.1) is 0 Å². The van der Waals surface area contributed by atoms with Gasteiger partial charge in [-0.05, 0) is 38.1 Å². The van der Waals surface area contributed by atoms with Crippen molar-refractivity contribution in [3.05, 3.63) is 34.6 Å². The molecule has 2 heterocycles. The number of benzene rings is 1. The molecule has 23 heavy (non-hydrogen) atoms. The highest BCUT2D eigenvalue weighted by atomic mass is 35.5. The second-order valence-corrected chi connectivity index (χ2v) is 6.66. The Kier molecular flexibility index (Phi) is 5.51. The fraction of sp³-hybridized carbons (Fsp3) is 0.588. The third-order valence-electron chi connectivity index (χ3n) is 4.67. The molecule has 0 atom stereocenters. The highest BCUT2D eigenvalue weighted by Gasteiger charge is 2.29. The Bertz CT molecular complexity index is 556. The summed E-state index contributed by atoms with van der Waals surface area (Å²) < 4.78 is 19.2. The lowest BCUT2D eigenvalue weighted by Gasteiger charge is -2.35. The quantitative estimate of drug-likeness (QED) is 0.847. The first-order chi connectivity index (χ1) is 11.1. The number of likely N-dealkylation sites (tertiary alicyclic amines) is 1. The Morgan fingerprint density at radius 3 is 2.57 bits per heavy atom. The maximum Gasteiger partial charge on any atom is 0.225 e. The van der Waals surface area contributed by atoms with Crippen LogP contribution in [0.1, 0.15) is 18.4 Å². The number of rotatable bonds is 3. The lowest BCUT2D eigenvalue weighted by Crippen LogP contribution is -2.46. The summed E-state index contributed by atoms with van der Waals surface area (Å²) in [5.74, 6) is 0.0917. The van der Waals surface area contributed by atoms with Crippen LogP contribution in [0.5, 0.6) is 0 Å². The van der Waals surface area contributed by atoms with E-state index in [1.807, 2.05) is 4.90 Å². The molecule has 2 aliphatic rings. The predicted molar refractivity (Wildman–Crippen MR) is 86.8 cm³/mol. The van der Waals surface area contributed by atoms with Gasteiger partial charge in [0.25, 0.3) is 0 Å². The van der Waals surface area contributed by atoms with Crippen LogP contribution in [0.3, 0.4) is 0 Å². The lowest BCUT2D eigenvalue weighted by molar-refractivity contribution is -0.141. The molecule has 1 aromatic carbocycles. The number of hydrogen-bond donors (Lipinski definition) is 0. The van der Waals surface area contributed by atoms with Crippen molar-refractivity contribution in [2.24, 2.45) is 5.92 Å². The summed E-state index contributed by atoms with van der Waals surface area (Å²) in [6.45, 7) is 4.90. The van der Waals surface area contributed by atoms with Gasteiger partial charge in [-0.1, -0.05) is 17.7 Å². The summed E-state index contributed by atoms with van der Waals surface area (Å²) in [5, 5.41) is 0.418. The van der Waals surface area contributed by atoms with Crippen molar-refractivity contribution in [2.75, 3.05) is 39.4 Å². The van der Waals surface area contributed by atoms with Crippen LogP contribution in [-0.2, 0) is 16.1 Å². The van der Waals surface area contributed by atoms with Gasteiger partial charge in [0.05, 0.1) is 13.2 Å². The van der Waals surface area contributed by atoms with Gasteiger partial charge in [0.1, 0.15) is 5.82 Å². The number of ether oxygens (including phenoxy) is 1. The van der Waals surface area contributed by atoms with Crippen LogP contribution in [-0.4, -0.2) is 55.1 Å². The molecule has 126 valence electrons. The molecule has 4 nitrogen and oxygen atoms in total. The van der Waals surface area contributed by atoms with Crippen molar-refractivity contribution in [1.82, 2.24) is 9.80 Å². The molecule has 2 aliphatic heterocycles. The number of hydrogen-bond acceptors (Lipinski definition) is 3. The van der Waals surface area contributed by atoms with Gasteiger partial charge in [0, 0.05) is 36.1 Å². The Morgan fingerprint density at radius 2 is 1.91 bits per heavy atom. The number of carbonyl (C=O) groups is 1. The number of halogens is 2. The second kappa shape index (κ2) is 7.60. The third kappa shape index (κ3) is 4.22. The summed E-state index contributed by atoms with van der Waals surface area (Å²) >= 11 is 5.78. The van der Waals surface area contributed by atoms with E-state index in [1.54, 1.807) is 12.1 Å². The van der Waals surface area contributed by atoms with Crippen molar-refractivity contribution in [3.63, 3.8) is 0 Å². The summed E-state index contributed by atoms with van der Waals surface area (Å²) in [6, 6.07) is 4.81. The molecule has 6 heteroatoms. The van der Waals surface area contributed by atoms with Gasteiger partial charge in [-0.2, -0.15) is 0 Å². The van der Waals surface area contributed by atoms with Crippen molar-refractivity contribution in [3.8, 4) is 0 Å². The van der Waals surface area contributed by atoms with E-state index in [1.165, 1.54) is 6.07 Å². The third-order valence-corrected chi connectivity index (χ3v) is 4.90. The molecule has 0 radical (unpaired) electrons. The van der Waals surface area contributed by atoms with Crippen molar-refractivity contribution >= 4 is 17.5 Å². The molecule has 2 saturated heterocycles. The SMILES string of the molecule is O=C(C1CCN(Cc2ccc(Cl)cc2F)CC1)N1CCOCC1. The zero-order valence-electron chi connectivity index (χ0n) is 13.1. The second-order valence-electron chi connectivity index (χ2n) is 6.22. The van der Waals surface area contributed by atoms with E-state index in [2.05, 4.69) is 4.90 Å². The summed E-state index contributed by atoms with van der Waals surface area (Å²) in [4.78, 5) is 16.6. The molecular weight excluding hydrogens is 319 g/mol. The van der Waals surface area contributed by atoms with E-state index < -0.39 is 0 Å². The van der Waals surface area contributed by atoms with Gasteiger partial charge in [-0.25, -0.2) is 4.39 Å². The molecule has 1 aromatic rings. The van der Waals surface area contributed by atoms with E-state index in [0.717, 1.165) is 25.9 Å². The minimum atomic E-state index is -0.260. The molecule has 0 aromatic heterocycles. The molecule has 0 saturated carbocycles. The average molecular weight is 341 g/mol. The standard InChI is InChI=1S/C17H22ClFN2O2/c18-15-2-1-14(16(19)11-15)12-20-5-3-13(4-6-20)17(22)21-7-9-23-10-8-21/h1-2,11,13H,3-10,12H2. The van der Waals surface area contributed by atoms with Gasteiger partial charge in [-0.3, -0.25) is 9.69 Å². The van der Waals surface area contributed by atoms with Gasteiger partial charge in [0.2, 0.25) is 5.91 Å². The summed E-state index contributed by atoms with van der Waals surface area (Å²) in [5.41, 5.74) is 0.660. The topological polar surface area (TPSA) is 32.8 Å². The van der Waals surface area contributed by atoms with Gasteiger partial charge >= 0.3 is 0 Å². The average Bonchev–Trinajstić information content (AvgIpc) is 2.58. The normalized spacial score (nSPS) is 20.7. The number of amides is 1. The Hall–Kier alpha value is -1.17. The highest BCUT2D eigenvalue weighted by molar-refractivity contribution is 6.30. The molecule has 0 aliphatic carbocycles. The summed E-state index contributed by atoms with van der Waals surface area (Å²) in [7, 11) is 0. The van der Waals surface area contributed by atoms with Crippen LogP contribution in [0.2, 0.25) is 5.02 Å². The maximum atomic E-state index is 13.9. The van der Waals surface area contributed by atoms with Crippen molar-refractivity contribution < 1.29 is 13.9 Å². The van der Waals surface area contributed by atoms with E-state index in [0.29, 0.717) is 43.4 Å². The first kappa shape index (κ1) is 16.7. The van der Waals surface area contributed by atoms with Crippen LogP contribution in [0.4, 0.5) is 4.39 Å². The van der Waals surface area contributed by atoms with Crippen LogP contribution in [0.25, 0.3) is 0 Å². The first-order valence-corrected chi connectivity index (χ1v) is 8.54. The number of carbonyl (C=O) groups excluding carboxylic acids is 1. The molecule has 3 rings (SSSR count). The fourth-order valence-electron chi connectivity index (χ4n) is 3.27. The van der Waals surface area contributed by atoms with Gasteiger partial charge < -0.3 is 9.64 Å². The van der Waals surface area contributed by atoms with Crippen molar-refractivity contribution in [2.45, 2.75) is 19.4 Å². The molecule has 0 N–H and O–H groups in total. The van der Waals surface area contributed by atoms with E-state index in [4.69, 9.17) is 16.3 Å². The molecule has 1 amide bonds. The Balaban J connectivity index is 1.51. The Morgan fingerprint density at radius 1 is 1.22 bits per heavy atom. The lowest BCUT2D eigenvalue weighted by atomic mass is 9.94. The highest BCUT2D eigenvalue weighted by Crippen LogP contribution is 2.23. The fourth-order valence-corrected chi connectivity index (χ4v) is 3.43. The number of piperidine rings is 1. The van der Waals surface area contributed by atoms with Crippen LogP contribution < -0.4 is 0 Å². The maximum absolute atomic E-state index is 13.9. The molecule has 0 bridgehead atoms. The minimum absolute atomic E-state index is 0.0967. The largest absolute Gasteiger partial charge is 0.378 e. The number of morpholine rings is 1. The molecular formula is C17H22ClFN2O2. The monoisotopic (exact) mass is 340 g/mol. The smallest absolute Gasteiger partial charge is 0.225 e. The van der Waals surface area contributed by atoms with E-state index in [-0.39, 0.29) is 17.6 Å². The van der Waals surface area contributed by atoms with Gasteiger partial charge in [0.15, 0.2) is 0 Å². The Labute approximate surface area is 141 Å². The van der Waals surface area contributed by atoms with Crippen LogP contribution in [0.15, 0.2) is 18.2 Å². The number of nitrogens with zero attached hydrogens (tertiary/aromatic N) is 2. The van der Waals surface area contributed by atoms with Crippen LogP contribution >= 0.6 is 11.6 Å². The first-order valence-electron chi connectivity index (χ1n) is 8.16. The zero-order chi connectivity index (χ0) is 16.2. The molecule has 0 unspecified atom stereocenters. The predicted octanol–water partition coefficient (Wildman–Crippen LogP) is 2.55. The molecule has 0 spiro atoms. The minimum Gasteiger partial charge on any atom is -0.378 e. The van der Waals surface area contributed by atoms with E-state index in [9.17, 15) is 9.18 Å². The van der Waals surface area contributed by atoms with Crippen molar-refractivity contribution in [1.29, 1.82) is 0 Å². The summed E-state index contributed by atoms with van der Waals surface area (Å²) in [6.07, 6.45) is 1.68. The molecule has 2 fully saturated rings.